The third kappa shape index (κ3) is 3.47. The number of rotatable bonds is 5. The second-order valence-corrected chi connectivity index (χ2v) is 6.49. The number of carbonyl (C=O) groups is 1. The maximum absolute atomic E-state index is 12.5. The fraction of sp³-hybridized carbons (Fsp3) is 0.647. The molecule has 1 saturated heterocycles. The molecule has 3 rings (SSSR count). The van der Waals surface area contributed by atoms with E-state index in [-0.39, 0.29) is 30.3 Å². The Bertz CT molecular complexity index is 658. The van der Waals surface area contributed by atoms with E-state index in [1.54, 1.807) is 19.1 Å². The van der Waals surface area contributed by atoms with E-state index in [0.717, 1.165) is 31.4 Å². The molecule has 7 heteroatoms. The van der Waals surface area contributed by atoms with Crippen molar-refractivity contribution in [1.29, 1.82) is 0 Å². The number of methoxy groups -OCH3 is 2. The average Bonchev–Trinajstić information content (AvgIpc) is 3.19. The van der Waals surface area contributed by atoms with Crippen LogP contribution in [0.1, 0.15) is 29.7 Å². The van der Waals surface area contributed by atoms with Crippen molar-refractivity contribution in [3.05, 3.63) is 33.2 Å². The summed E-state index contributed by atoms with van der Waals surface area (Å²) in [5.74, 6) is 0. The van der Waals surface area contributed by atoms with Crippen LogP contribution in [0.15, 0.2) is 10.9 Å². The summed E-state index contributed by atoms with van der Waals surface area (Å²) in [5.41, 5.74) is 2.73. The van der Waals surface area contributed by atoms with Gasteiger partial charge in [0.05, 0.1) is 18.8 Å². The third-order valence-corrected chi connectivity index (χ3v) is 4.92. The summed E-state index contributed by atoms with van der Waals surface area (Å²) in [4.78, 5) is 29.3. The van der Waals surface area contributed by atoms with Gasteiger partial charge in [-0.1, -0.05) is 0 Å². The Morgan fingerprint density at radius 2 is 2.25 bits per heavy atom. The SMILES string of the molecule is COC[C@@H]1C[C@@H](OC)CN1C(=O)NCc1cc2c([nH]c1=O)CCC2. The van der Waals surface area contributed by atoms with Crippen molar-refractivity contribution >= 4 is 6.03 Å². The van der Waals surface area contributed by atoms with E-state index in [0.29, 0.717) is 18.7 Å². The normalized spacial score (nSPS) is 22.7. The number of amides is 2. The van der Waals surface area contributed by atoms with Gasteiger partial charge in [-0.05, 0) is 37.3 Å². The first-order valence-corrected chi connectivity index (χ1v) is 8.42. The van der Waals surface area contributed by atoms with Crippen LogP contribution in [0, 0.1) is 0 Å². The number of nitrogens with zero attached hydrogens (tertiary/aromatic N) is 1. The molecule has 2 aliphatic rings. The summed E-state index contributed by atoms with van der Waals surface area (Å²) >= 11 is 0. The second kappa shape index (κ2) is 7.36. The van der Waals surface area contributed by atoms with Gasteiger partial charge in [-0.25, -0.2) is 4.79 Å². The molecule has 0 spiro atoms. The summed E-state index contributed by atoms with van der Waals surface area (Å²) in [7, 11) is 3.28. The van der Waals surface area contributed by atoms with E-state index in [1.807, 2.05) is 6.07 Å². The largest absolute Gasteiger partial charge is 0.383 e. The van der Waals surface area contributed by atoms with Gasteiger partial charge >= 0.3 is 6.03 Å². The van der Waals surface area contributed by atoms with Crippen molar-refractivity contribution in [2.24, 2.45) is 0 Å². The van der Waals surface area contributed by atoms with E-state index in [9.17, 15) is 9.59 Å². The molecule has 0 saturated carbocycles. The zero-order valence-corrected chi connectivity index (χ0v) is 14.3. The first kappa shape index (κ1) is 17.0. The Balaban J connectivity index is 1.64. The van der Waals surface area contributed by atoms with E-state index in [2.05, 4.69) is 10.3 Å². The molecule has 1 aromatic heterocycles. The van der Waals surface area contributed by atoms with Crippen LogP contribution in [0.25, 0.3) is 0 Å². The molecular formula is C17H25N3O4. The lowest BCUT2D eigenvalue weighted by Crippen LogP contribution is -2.45. The molecule has 0 unspecified atom stereocenters. The highest BCUT2D eigenvalue weighted by atomic mass is 16.5. The molecule has 0 radical (unpaired) electrons. The molecule has 1 aliphatic carbocycles. The number of hydrogen-bond donors (Lipinski definition) is 2. The quantitative estimate of drug-likeness (QED) is 0.834. The Labute approximate surface area is 141 Å². The van der Waals surface area contributed by atoms with Crippen LogP contribution >= 0.6 is 0 Å². The smallest absolute Gasteiger partial charge is 0.318 e. The summed E-state index contributed by atoms with van der Waals surface area (Å²) < 4.78 is 10.6. The molecule has 1 aliphatic heterocycles. The van der Waals surface area contributed by atoms with Gasteiger partial charge in [0.25, 0.3) is 5.56 Å². The average molecular weight is 335 g/mol. The topological polar surface area (TPSA) is 83.7 Å². The maximum Gasteiger partial charge on any atom is 0.318 e. The maximum atomic E-state index is 12.5. The number of aryl methyl sites for hydroxylation is 2. The van der Waals surface area contributed by atoms with Gasteiger partial charge in [0, 0.05) is 38.6 Å². The Morgan fingerprint density at radius 1 is 1.42 bits per heavy atom. The minimum absolute atomic E-state index is 0.00162. The molecule has 2 N–H and O–H groups in total. The number of nitrogens with one attached hydrogen (secondary N) is 2. The molecule has 0 bridgehead atoms. The minimum Gasteiger partial charge on any atom is -0.383 e. The first-order chi connectivity index (χ1) is 11.6. The number of urea groups is 1. The summed E-state index contributed by atoms with van der Waals surface area (Å²) in [6.45, 7) is 1.25. The molecule has 132 valence electrons. The second-order valence-electron chi connectivity index (χ2n) is 6.49. The summed E-state index contributed by atoms with van der Waals surface area (Å²) in [6, 6.07) is 1.74. The van der Waals surface area contributed by atoms with Gasteiger partial charge in [0.15, 0.2) is 0 Å². The van der Waals surface area contributed by atoms with Crippen LogP contribution in [0.2, 0.25) is 0 Å². The van der Waals surface area contributed by atoms with E-state index in [4.69, 9.17) is 9.47 Å². The highest BCUT2D eigenvalue weighted by molar-refractivity contribution is 5.75. The highest BCUT2D eigenvalue weighted by Gasteiger charge is 2.35. The fourth-order valence-corrected chi connectivity index (χ4v) is 3.61. The van der Waals surface area contributed by atoms with Crippen LogP contribution in [0.5, 0.6) is 0 Å². The fourth-order valence-electron chi connectivity index (χ4n) is 3.61. The zero-order chi connectivity index (χ0) is 17.1. The number of ether oxygens (including phenoxy) is 2. The third-order valence-electron chi connectivity index (χ3n) is 4.92. The van der Waals surface area contributed by atoms with Gasteiger partial charge in [-0.15, -0.1) is 0 Å². The van der Waals surface area contributed by atoms with Gasteiger partial charge in [0.2, 0.25) is 0 Å². The van der Waals surface area contributed by atoms with E-state index < -0.39 is 0 Å². The van der Waals surface area contributed by atoms with Crippen molar-refractivity contribution in [2.75, 3.05) is 27.4 Å². The van der Waals surface area contributed by atoms with Gasteiger partial charge in [-0.3, -0.25) is 4.79 Å². The summed E-state index contributed by atoms with van der Waals surface area (Å²) in [5, 5.41) is 2.86. The van der Waals surface area contributed by atoms with Crippen LogP contribution in [-0.2, 0) is 28.9 Å². The molecular weight excluding hydrogens is 310 g/mol. The molecule has 2 amide bonds. The lowest BCUT2D eigenvalue weighted by molar-refractivity contribution is 0.110. The number of aromatic nitrogens is 1. The van der Waals surface area contributed by atoms with Gasteiger partial charge in [-0.2, -0.15) is 0 Å². The monoisotopic (exact) mass is 335 g/mol. The molecule has 2 heterocycles. The first-order valence-electron chi connectivity index (χ1n) is 8.42. The number of pyridine rings is 1. The number of hydrogen-bond acceptors (Lipinski definition) is 4. The number of fused-ring (bicyclic) bond motifs is 1. The highest BCUT2D eigenvalue weighted by Crippen LogP contribution is 2.21. The van der Waals surface area contributed by atoms with Crippen molar-refractivity contribution in [1.82, 2.24) is 15.2 Å². The number of likely N-dealkylation sites (tertiary alicyclic amines) is 1. The van der Waals surface area contributed by atoms with E-state index in [1.165, 1.54) is 5.56 Å². The van der Waals surface area contributed by atoms with Crippen molar-refractivity contribution in [2.45, 2.75) is 44.4 Å². The van der Waals surface area contributed by atoms with E-state index >= 15 is 0 Å². The molecule has 1 aromatic rings. The number of aromatic amines is 1. The molecule has 24 heavy (non-hydrogen) atoms. The van der Waals surface area contributed by atoms with Crippen molar-refractivity contribution in [3.63, 3.8) is 0 Å². The van der Waals surface area contributed by atoms with Crippen molar-refractivity contribution < 1.29 is 14.3 Å². The molecule has 2 atom stereocenters. The number of H-pyrrole nitrogens is 1. The predicted molar refractivity (Wildman–Crippen MR) is 89.1 cm³/mol. The Kier molecular flexibility index (Phi) is 5.20. The van der Waals surface area contributed by atoms with Gasteiger partial charge < -0.3 is 24.7 Å². The molecule has 0 aromatic carbocycles. The van der Waals surface area contributed by atoms with Crippen LogP contribution in [0.3, 0.4) is 0 Å². The molecule has 7 nitrogen and oxygen atoms in total. The van der Waals surface area contributed by atoms with Crippen LogP contribution < -0.4 is 10.9 Å². The van der Waals surface area contributed by atoms with Crippen LogP contribution in [-0.4, -0.2) is 55.4 Å². The predicted octanol–water partition coefficient (Wildman–Crippen LogP) is 0.809. The Hall–Kier alpha value is -1.86. The summed E-state index contributed by atoms with van der Waals surface area (Å²) in [6.07, 6.45) is 3.79. The van der Waals surface area contributed by atoms with Crippen molar-refractivity contribution in [3.8, 4) is 0 Å². The standard InChI is InChI=1S/C17H25N3O4/c1-23-10-13-7-14(24-2)9-20(13)17(22)18-8-12-6-11-4-3-5-15(11)19-16(12)21/h6,13-14H,3-5,7-10H2,1-2H3,(H,18,22)(H,19,21)/t13-,14+/m0/s1. The zero-order valence-electron chi connectivity index (χ0n) is 14.3. The van der Waals surface area contributed by atoms with Crippen LogP contribution in [0.4, 0.5) is 4.79 Å². The van der Waals surface area contributed by atoms with Gasteiger partial charge in [0.1, 0.15) is 0 Å². The Morgan fingerprint density at radius 3 is 3.00 bits per heavy atom. The molecule has 1 fully saturated rings. The number of carbonyl (C=O) groups excluding carboxylic acids is 1. The minimum atomic E-state index is -0.184. The lowest BCUT2D eigenvalue weighted by Gasteiger charge is -2.24. The lowest BCUT2D eigenvalue weighted by atomic mass is 10.1.